The van der Waals surface area contributed by atoms with Crippen LogP contribution in [-0.2, 0) is 13.0 Å². The molecule has 2 aromatic heterocycles. The Hall–Kier alpha value is -1.46. The molecule has 0 spiro atoms. The molecule has 1 unspecified atom stereocenters. The third-order valence-corrected chi connectivity index (χ3v) is 2.99. The fourth-order valence-electron chi connectivity index (χ4n) is 1.81. The third kappa shape index (κ3) is 2.86. The zero-order valence-corrected chi connectivity index (χ0v) is 11.0. The molecule has 18 heavy (non-hydrogen) atoms. The second kappa shape index (κ2) is 5.93. The second-order valence-corrected chi connectivity index (χ2v) is 4.49. The van der Waals surface area contributed by atoms with Crippen molar-refractivity contribution in [2.75, 3.05) is 0 Å². The summed E-state index contributed by atoms with van der Waals surface area (Å²) in [5.41, 5.74) is 6.82. The first-order valence-corrected chi connectivity index (χ1v) is 6.32. The zero-order chi connectivity index (χ0) is 13.0. The van der Waals surface area contributed by atoms with Crippen molar-refractivity contribution >= 4 is 11.6 Å². The average molecular weight is 266 g/mol. The summed E-state index contributed by atoms with van der Waals surface area (Å²) in [6.45, 7) is 2.94. The Morgan fingerprint density at radius 1 is 1.44 bits per heavy atom. The minimum atomic E-state index is -0.265. The summed E-state index contributed by atoms with van der Waals surface area (Å²) in [6.07, 6.45) is 4.84. The van der Waals surface area contributed by atoms with Gasteiger partial charge >= 0.3 is 0 Å². The molecule has 0 amide bonds. The Morgan fingerprint density at radius 3 is 3.00 bits per heavy atom. The number of hydrogen-bond donors (Lipinski definition) is 1. The van der Waals surface area contributed by atoms with Gasteiger partial charge in [-0.3, -0.25) is 9.67 Å². The lowest BCUT2D eigenvalue weighted by atomic mass is 10.1. The van der Waals surface area contributed by atoms with E-state index in [9.17, 15) is 0 Å². The highest BCUT2D eigenvalue weighted by Crippen LogP contribution is 2.20. The Kier molecular flexibility index (Phi) is 4.28. The van der Waals surface area contributed by atoms with Gasteiger partial charge in [-0.05, 0) is 18.6 Å². The minimum Gasteiger partial charge on any atom is -0.322 e. The molecule has 5 nitrogen and oxygen atoms in total. The van der Waals surface area contributed by atoms with Crippen LogP contribution in [0.5, 0.6) is 0 Å². The molecule has 0 aliphatic carbocycles. The van der Waals surface area contributed by atoms with Crippen LogP contribution in [0.25, 0.3) is 0 Å². The van der Waals surface area contributed by atoms with Gasteiger partial charge in [-0.2, -0.15) is 5.10 Å². The molecule has 2 heterocycles. The van der Waals surface area contributed by atoms with Crippen LogP contribution in [0.15, 0.2) is 24.7 Å². The van der Waals surface area contributed by atoms with Crippen molar-refractivity contribution in [3.05, 3.63) is 41.2 Å². The van der Waals surface area contributed by atoms with Crippen LogP contribution in [0.4, 0.5) is 0 Å². The maximum absolute atomic E-state index is 6.12. The molecule has 0 aromatic carbocycles. The Balaban J connectivity index is 2.14. The largest absolute Gasteiger partial charge is 0.322 e. The molecule has 2 N–H and O–H groups in total. The summed E-state index contributed by atoms with van der Waals surface area (Å²) in [6, 6.07) is 3.32. The molecule has 2 aromatic rings. The second-order valence-electron chi connectivity index (χ2n) is 4.08. The molecule has 0 bridgehead atoms. The quantitative estimate of drug-likeness (QED) is 0.897. The van der Waals surface area contributed by atoms with Gasteiger partial charge in [-0.15, -0.1) is 0 Å². The number of nitrogens with two attached hydrogens (primary N) is 1. The van der Waals surface area contributed by atoms with Crippen molar-refractivity contribution in [2.45, 2.75) is 32.4 Å². The van der Waals surface area contributed by atoms with Crippen LogP contribution < -0.4 is 5.73 Å². The van der Waals surface area contributed by atoms with Gasteiger partial charge in [-0.1, -0.05) is 18.5 Å². The number of halogens is 1. The van der Waals surface area contributed by atoms with E-state index in [0.717, 1.165) is 18.8 Å². The van der Waals surface area contributed by atoms with Gasteiger partial charge in [0, 0.05) is 19.2 Å². The summed E-state index contributed by atoms with van der Waals surface area (Å²) in [4.78, 5) is 8.45. The van der Waals surface area contributed by atoms with Crippen LogP contribution >= 0.6 is 11.6 Å². The Morgan fingerprint density at radius 2 is 2.28 bits per heavy atom. The number of aromatic nitrogens is 4. The number of rotatable bonds is 5. The summed E-state index contributed by atoms with van der Waals surface area (Å²) in [7, 11) is 0. The van der Waals surface area contributed by atoms with Crippen molar-refractivity contribution in [3.63, 3.8) is 0 Å². The first kappa shape index (κ1) is 13.0. The van der Waals surface area contributed by atoms with E-state index in [2.05, 4.69) is 22.0 Å². The van der Waals surface area contributed by atoms with Gasteiger partial charge in [0.2, 0.25) is 0 Å². The van der Waals surface area contributed by atoms with E-state index in [1.54, 1.807) is 24.7 Å². The van der Waals surface area contributed by atoms with Crippen molar-refractivity contribution in [3.8, 4) is 0 Å². The molecular formula is C12H16ClN5. The smallest absolute Gasteiger partial charge is 0.138 e. The zero-order valence-electron chi connectivity index (χ0n) is 10.3. The number of aryl methyl sites for hydroxylation is 1. The van der Waals surface area contributed by atoms with Gasteiger partial charge in [0.25, 0.3) is 0 Å². The van der Waals surface area contributed by atoms with E-state index in [1.165, 1.54) is 0 Å². The monoisotopic (exact) mass is 265 g/mol. The predicted octanol–water partition coefficient (Wildman–Crippen LogP) is 1.98. The van der Waals surface area contributed by atoms with Crippen LogP contribution in [0, 0.1) is 0 Å². The summed E-state index contributed by atoms with van der Waals surface area (Å²) in [5.74, 6) is 0.867. The molecular weight excluding hydrogens is 250 g/mol. The van der Waals surface area contributed by atoms with E-state index < -0.39 is 0 Å². The van der Waals surface area contributed by atoms with Crippen molar-refractivity contribution < 1.29 is 0 Å². The average Bonchev–Trinajstić information content (AvgIpc) is 2.78. The van der Waals surface area contributed by atoms with Gasteiger partial charge in [-0.25, -0.2) is 4.98 Å². The minimum absolute atomic E-state index is 0.265. The lowest BCUT2D eigenvalue weighted by molar-refractivity contribution is 0.545. The normalized spacial score (nSPS) is 12.6. The van der Waals surface area contributed by atoms with Crippen molar-refractivity contribution in [1.29, 1.82) is 0 Å². The van der Waals surface area contributed by atoms with Crippen LogP contribution in [0.1, 0.15) is 30.9 Å². The number of nitrogens with zero attached hydrogens (tertiary/aromatic N) is 4. The van der Waals surface area contributed by atoms with E-state index in [1.807, 2.05) is 4.68 Å². The molecule has 1 atom stereocenters. The van der Waals surface area contributed by atoms with Crippen LogP contribution in [0.3, 0.4) is 0 Å². The summed E-state index contributed by atoms with van der Waals surface area (Å²) in [5, 5.41) is 4.76. The molecule has 0 saturated carbocycles. The highest BCUT2D eigenvalue weighted by Gasteiger charge is 2.15. The van der Waals surface area contributed by atoms with E-state index >= 15 is 0 Å². The molecule has 2 rings (SSSR count). The Bertz CT molecular complexity index is 511. The van der Waals surface area contributed by atoms with Crippen LogP contribution in [0.2, 0.25) is 5.02 Å². The summed E-state index contributed by atoms with van der Waals surface area (Å²) < 4.78 is 1.87. The molecule has 6 heteroatoms. The molecule has 0 saturated heterocycles. The van der Waals surface area contributed by atoms with Gasteiger partial charge in [0.15, 0.2) is 0 Å². The van der Waals surface area contributed by atoms with E-state index in [0.29, 0.717) is 17.1 Å². The molecule has 0 aliphatic rings. The maximum Gasteiger partial charge on any atom is 0.138 e. The highest BCUT2D eigenvalue weighted by molar-refractivity contribution is 6.31. The topological polar surface area (TPSA) is 69.6 Å². The van der Waals surface area contributed by atoms with E-state index in [-0.39, 0.29) is 6.04 Å². The Labute approximate surface area is 111 Å². The predicted molar refractivity (Wildman–Crippen MR) is 70.2 cm³/mol. The standard InChI is InChI=1S/C12H16ClN5/c1-2-6-18-11(16-8-17-18)7-10(14)12-9(13)4-3-5-15-12/h3-5,8,10H,2,6-7,14H2,1H3. The third-order valence-electron chi connectivity index (χ3n) is 2.67. The maximum atomic E-state index is 6.12. The van der Waals surface area contributed by atoms with Gasteiger partial charge in [0.1, 0.15) is 12.2 Å². The number of hydrogen-bond acceptors (Lipinski definition) is 4. The van der Waals surface area contributed by atoms with Crippen molar-refractivity contribution in [2.24, 2.45) is 5.73 Å². The van der Waals surface area contributed by atoms with Gasteiger partial charge in [0.05, 0.1) is 16.8 Å². The molecule has 0 radical (unpaired) electrons. The first-order chi connectivity index (χ1) is 8.72. The molecule has 0 aliphatic heterocycles. The van der Waals surface area contributed by atoms with Crippen LogP contribution in [-0.4, -0.2) is 19.7 Å². The van der Waals surface area contributed by atoms with E-state index in [4.69, 9.17) is 17.3 Å². The summed E-state index contributed by atoms with van der Waals surface area (Å²) >= 11 is 6.07. The lowest BCUT2D eigenvalue weighted by Crippen LogP contribution is -2.18. The fourth-order valence-corrected chi connectivity index (χ4v) is 2.07. The lowest BCUT2D eigenvalue weighted by Gasteiger charge is -2.12. The number of pyridine rings is 1. The molecule has 0 fully saturated rings. The van der Waals surface area contributed by atoms with Gasteiger partial charge < -0.3 is 5.73 Å². The first-order valence-electron chi connectivity index (χ1n) is 5.95. The SMILES string of the molecule is CCCn1ncnc1CC(N)c1ncccc1Cl. The highest BCUT2D eigenvalue weighted by atomic mass is 35.5. The molecule has 96 valence electrons. The fraction of sp³-hybridized carbons (Fsp3) is 0.417. The van der Waals surface area contributed by atoms with Crippen molar-refractivity contribution in [1.82, 2.24) is 19.7 Å².